The van der Waals surface area contributed by atoms with Crippen LogP contribution in [0.1, 0.15) is 56.6 Å². The Labute approximate surface area is 175 Å². The van der Waals surface area contributed by atoms with Crippen LogP contribution in [0.4, 0.5) is 0 Å². The van der Waals surface area contributed by atoms with Gasteiger partial charge in [0, 0.05) is 26.3 Å². The Balaban J connectivity index is 1.44. The molecule has 0 radical (unpaired) electrons. The minimum Gasteiger partial charge on any atom is -0.465 e. The summed E-state index contributed by atoms with van der Waals surface area (Å²) in [6.07, 6.45) is 6.05. The van der Waals surface area contributed by atoms with Crippen molar-refractivity contribution >= 4 is 5.96 Å². The number of hydrogen-bond acceptors (Lipinski definition) is 5. The van der Waals surface area contributed by atoms with Crippen molar-refractivity contribution in [3.8, 4) is 0 Å². The molecule has 2 unspecified atom stereocenters. The van der Waals surface area contributed by atoms with E-state index in [-0.39, 0.29) is 6.04 Å². The van der Waals surface area contributed by atoms with E-state index >= 15 is 0 Å². The zero-order chi connectivity index (χ0) is 20.3. The number of guanidine groups is 1. The van der Waals surface area contributed by atoms with Crippen molar-refractivity contribution in [3.05, 3.63) is 23.7 Å². The van der Waals surface area contributed by atoms with E-state index in [0.717, 1.165) is 76.1 Å². The van der Waals surface area contributed by atoms with E-state index < -0.39 is 0 Å². The SMILES string of the molecule is CCNC(=NCC(c1ccc(C)o1)N1CCCC1)NCCCOCC1CCCO1. The Hall–Kier alpha value is -1.57. The van der Waals surface area contributed by atoms with Gasteiger partial charge in [-0.1, -0.05) is 0 Å². The second-order valence-electron chi connectivity index (χ2n) is 7.92. The summed E-state index contributed by atoms with van der Waals surface area (Å²) in [5, 5.41) is 6.78. The molecule has 0 spiro atoms. The fraction of sp³-hybridized carbons (Fsp3) is 0.773. The van der Waals surface area contributed by atoms with Crippen molar-refractivity contribution in [1.29, 1.82) is 0 Å². The van der Waals surface area contributed by atoms with Crippen LogP contribution in [0.15, 0.2) is 21.5 Å². The molecule has 7 nitrogen and oxygen atoms in total. The number of aliphatic imine (C=N–C) groups is 1. The van der Waals surface area contributed by atoms with Crippen LogP contribution in [0.3, 0.4) is 0 Å². The highest BCUT2D eigenvalue weighted by molar-refractivity contribution is 5.79. The van der Waals surface area contributed by atoms with Crippen LogP contribution in [-0.2, 0) is 9.47 Å². The second-order valence-corrected chi connectivity index (χ2v) is 7.92. The molecule has 3 rings (SSSR count). The van der Waals surface area contributed by atoms with Crippen LogP contribution < -0.4 is 10.6 Å². The van der Waals surface area contributed by atoms with Crippen molar-refractivity contribution in [2.24, 2.45) is 4.99 Å². The molecule has 2 fully saturated rings. The third kappa shape index (κ3) is 7.32. The Morgan fingerprint density at radius 2 is 2.14 bits per heavy atom. The van der Waals surface area contributed by atoms with Gasteiger partial charge in [-0.2, -0.15) is 0 Å². The number of nitrogens with zero attached hydrogens (tertiary/aromatic N) is 2. The molecule has 2 N–H and O–H groups in total. The third-order valence-electron chi connectivity index (χ3n) is 5.52. The van der Waals surface area contributed by atoms with E-state index in [9.17, 15) is 0 Å². The predicted octanol–water partition coefficient (Wildman–Crippen LogP) is 2.87. The van der Waals surface area contributed by atoms with Gasteiger partial charge >= 0.3 is 0 Å². The molecule has 29 heavy (non-hydrogen) atoms. The minimum atomic E-state index is 0.205. The van der Waals surface area contributed by atoms with Gasteiger partial charge in [0.05, 0.1) is 25.3 Å². The average Bonchev–Trinajstić information content (AvgIpc) is 3.48. The van der Waals surface area contributed by atoms with Crippen molar-refractivity contribution < 1.29 is 13.9 Å². The number of nitrogens with one attached hydrogen (secondary N) is 2. The quantitative estimate of drug-likeness (QED) is 0.335. The summed E-state index contributed by atoms with van der Waals surface area (Å²) in [6, 6.07) is 4.35. The van der Waals surface area contributed by atoms with Gasteiger partial charge in [-0.15, -0.1) is 0 Å². The maximum absolute atomic E-state index is 5.94. The van der Waals surface area contributed by atoms with Gasteiger partial charge in [-0.25, -0.2) is 0 Å². The lowest BCUT2D eigenvalue weighted by Crippen LogP contribution is -2.39. The van der Waals surface area contributed by atoms with Crippen molar-refractivity contribution in [1.82, 2.24) is 15.5 Å². The van der Waals surface area contributed by atoms with E-state index in [1.54, 1.807) is 0 Å². The van der Waals surface area contributed by atoms with Crippen LogP contribution in [-0.4, -0.2) is 69.5 Å². The van der Waals surface area contributed by atoms with Crippen LogP contribution in [0.5, 0.6) is 0 Å². The van der Waals surface area contributed by atoms with E-state index in [4.69, 9.17) is 18.9 Å². The molecule has 1 aromatic heterocycles. The maximum Gasteiger partial charge on any atom is 0.191 e. The van der Waals surface area contributed by atoms with Gasteiger partial charge in [0.1, 0.15) is 11.5 Å². The summed E-state index contributed by atoms with van der Waals surface area (Å²) in [7, 11) is 0. The summed E-state index contributed by atoms with van der Waals surface area (Å²) in [4.78, 5) is 7.35. The van der Waals surface area contributed by atoms with Crippen LogP contribution in [0.2, 0.25) is 0 Å². The molecule has 0 bridgehead atoms. The molecule has 0 aliphatic carbocycles. The van der Waals surface area contributed by atoms with Gasteiger partial charge in [-0.05, 0) is 71.2 Å². The van der Waals surface area contributed by atoms with E-state index in [2.05, 4.69) is 28.5 Å². The first-order chi connectivity index (χ1) is 14.3. The highest BCUT2D eigenvalue weighted by atomic mass is 16.5. The lowest BCUT2D eigenvalue weighted by Gasteiger charge is -2.24. The van der Waals surface area contributed by atoms with Gasteiger partial charge < -0.3 is 24.5 Å². The third-order valence-corrected chi connectivity index (χ3v) is 5.52. The molecule has 2 saturated heterocycles. The summed E-state index contributed by atoms with van der Waals surface area (Å²) < 4.78 is 17.3. The molecule has 1 aromatic rings. The molecule has 2 aliphatic rings. The van der Waals surface area contributed by atoms with Gasteiger partial charge in [0.15, 0.2) is 5.96 Å². The average molecular weight is 407 g/mol. The monoisotopic (exact) mass is 406 g/mol. The minimum absolute atomic E-state index is 0.205. The van der Waals surface area contributed by atoms with Gasteiger partial charge in [0.2, 0.25) is 0 Å². The number of furan rings is 1. The number of ether oxygens (including phenoxy) is 2. The van der Waals surface area contributed by atoms with E-state index in [1.165, 1.54) is 12.8 Å². The molecule has 2 aliphatic heterocycles. The fourth-order valence-electron chi connectivity index (χ4n) is 3.96. The molecule has 7 heteroatoms. The Bertz CT molecular complexity index is 607. The normalized spacial score (nSPS) is 21.6. The first-order valence-corrected chi connectivity index (χ1v) is 11.3. The first-order valence-electron chi connectivity index (χ1n) is 11.3. The Kier molecular flexibility index (Phi) is 9.31. The van der Waals surface area contributed by atoms with E-state index in [1.807, 2.05) is 13.0 Å². The number of likely N-dealkylation sites (tertiary alicyclic amines) is 1. The summed E-state index contributed by atoms with van der Waals surface area (Å²) in [6.45, 7) is 11.0. The summed E-state index contributed by atoms with van der Waals surface area (Å²) >= 11 is 0. The maximum atomic E-state index is 5.94. The largest absolute Gasteiger partial charge is 0.465 e. The lowest BCUT2D eigenvalue weighted by molar-refractivity contribution is 0.0168. The lowest BCUT2D eigenvalue weighted by atomic mass is 10.2. The predicted molar refractivity (Wildman–Crippen MR) is 115 cm³/mol. The van der Waals surface area contributed by atoms with Crippen molar-refractivity contribution in [2.45, 2.75) is 58.1 Å². The zero-order valence-corrected chi connectivity index (χ0v) is 18.1. The molecule has 0 amide bonds. The topological polar surface area (TPSA) is 71.3 Å². The van der Waals surface area contributed by atoms with Crippen LogP contribution in [0, 0.1) is 6.92 Å². The zero-order valence-electron chi connectivity index (χ0n) is 18.1. The van der Waals surface area contributed by atoms with Gasteiger partial charge in [0.25, 0.3) is 0 Å². The highest BCUT2D eigenvalue weighted by Gasteiger charge is 2.25. The molecular weight excluding hydrogens is 368 g/mol. The van der Waals surface area contributed by atoms with Gasteiger partial charge in [-0.3, -0.25) is 9.89 Å². The molecule has 0 aromatic carbocycles. The van der Waals surface area contributed by atoms with Crippen LogP contribution in [0.25, 0.3) is 0 Å². The molecule has 2 atom stereocenters. The number of hydrogen-bond donors (Lipinski definition) is 2. The molecule has 3 heterocycles. The standard InChI is InChI=1S/C22H38N4O3/c1-3-23-22(24-11-7-14-27-17-19-8-6-15-28-19)25-16-20(26-12-4-5-13-26)21-10-9-18(2)29-21/h9-10,19-20H,3-8,11-17H2,1-2H3,(H2,23,24,25). The number of rotatable bonds is 11. The smallest absolute Gasteiger partial charge is 0.191 e. The van der Waals surface area contributed by atoms with Crippen molar-refractivity contribution in [2.75, 3.05) is 52.5 Å². The number of aryl methyl sites for hydroxylation is 1. The molecular formula is C22H38N4O3. The molecule has 164 valence electrons. The summed E-state index contributed by atoms with van der Waals surface area (Å²) in [5.41, 5.74) is 0. The first kappa shape index (κ1) is 22.1. The van der Waals surface area contributed by atoms with Crippen molar-refractivity contribution in [3.63, 3.8) is 0 Å². The Morgan fingerprint density at radius 3 is 2.83 bits per heavy atom. The van der Waals surface area contributed by atoms with Crippen LogP contribution >= 0.6 is 0 Å². The molecule has 0 saturated carbocycles. The van der Waals surface area contributed by atoms with E-state index in [0.29, 0.717) is 19.3 Å². The Morgan fingerprint density at radius 1 is 1.28 bits per heavy atom. The second kappa shape index (κ2) is 12.2. The fourth-order valence-corrected chi connectivity index (χ4v) is 3.96. The summed E-state index contributed by atoms with van der Waals surface area (Å²) in [5.74, 6) is 2.84. The highest BCUT2D eigenvalue weighted by Crippen LogP contribution is 2.26.